The van der Waals surface area contributed by atoms with E-state index in [9.17, 15) is 18.0 Å². The highest BCUT2D eigenvalue weighted by molar-refractivity contribution is 6.32. The summed E-state index contributed by atoms with van der Waals surface area (Å²) in [6.45, 7) is 0. The summed E-state index contributed by atoms with van der Waals surface area (Å²) in [4.78, 5) is 10.7. The molecule has 0 radical (unpaired) electrons. The molecule has 0 saturated carbocycles. The van der Waals surface area contributed by atoms with Crippen LogP contribution in [0.15, 0.2) is 18.2 Å². The molecule has 0 fully saturated rings. The Labute approximate surface area is 95.0 Å². The minimum Gasteiger partial charge on any atom is -0.495 e. The fourth-order valence-electron chi connectivity index (χ4n) is 1.10. The molecule has 0 saturated heterocycles. The van der Waals surface area contributed by atoms with Crippen molar-refractivity contribution in [1.29, 1.82) is 0 Å². The molecule has 0 aromatic heterocycles. The molecule has 0 aliphatic carbocycles. The van der Waals surface area contributed by atoms with Crippen LogP contribution in [0.5, 0.6) is 5.75 Å². The van der Waals surface area contributed by atoms with Gasteiger partial charge in [-0.15, -0.1) is 0 Å². The SMILES string of the molecule is COc1cc(CC(=O)C(F)(F)F)ccc1Cl. The molecule has 1 aromatic carbocycles. The van der Waals surface area contributed by atoms with Gasteiger partial charge in [0.2, 0.25) is 5.78 Å². The van der Waals surface area contributed by atoms with Crippen molar-refractivity contribution in [1.82, 2.24) is 0 Å². The van der Waals surface area contributed by atoms with Gasteiger partial charge in [-0.05, 0) is 17.7 Å². The molecule has 88 valence electrons. The highest BCUT2D eigenvalue weighted by atomic mass is 35.5. The molecule has 16 heavy (non-hydrogen) atoms. The number of alkyl halides is 3. The Hall–Kier alpha value is -1.23. The Balaban J connectivity index is 2.87. The topological polar surface area (TPSA) is 26.3 Å². The van der Waals surface area contributed by atoms with E-state index in [0.717, 1.165) is 0 Å². The Morgan fingerprint density at radius 3 is 2.56 bits per heavy atom. The van der Waals surface area contributed by atoms with Crippen LogP contribution >= 0.6 is 11.6 Å². The van der Waals surface area contributed by atoms with E-state index in [4.69, 9.17) is 16.3 Å². The van der Waals surface area contributed by atoms with Gasteiger partial charge < -0.3 is 4.74 Å². The Bertz CT molecular complexity index is 402. The number of rotatable bonds is 3. The van der Waals surface area contributed by atoms with Gasteiger partial charge >= 0.3 is 6.18 Å². The molecule has 0 heterocycles. The van der Waals surface area contributed by atoms with E-state index in [1.54, 1.807) is 0 Å². The molecule has 6 heteroatoms. The van der Waals surface area contributed by atoms with Gasteiger partial charge in [0.15, 0.2) is 0 Å². The van der Waals surface area contributed by atoms with Gasteiger partial charge in [-0.1, -0.05) is 17.7 Å². The summed E-state index contributed by atoms with van der Waals surface area (Å²) in [7, 11) is 1.34. The number of carbonyl (C=O) groups is 1. The molecule has 0 unspecified atom stereocenters. The summed E-state index contributed by atoms with van der Waals surface area (Å²) in [5.74, 6) is -1.55. The summed E-state index contributed by atoms with van der Waals surface area (Å²) in [5, 5.41) is 0.283. The maximum absolute atomic E-state index is 12.0. The van der Waals surface area contributed by atoms with E-state index in [0.29, 0.717) is 0 Å². The summed E-state index contributed by atoms with van der Waals surface area (Å²) in [6.07, 6.45) is -5.52. The standard InChI is InChI=1S/C10H8ClF3O2/c1-16-8-4-6(2-3-7(8)11)5-9(15)10(12,13)14/h2-4H,5H2,1H3. The summed E-state index contributed by atoms with van der Waals surface area (Å²) < 4.78 is 40.8. The number of hydrogen-bond donors (Lipinski definition) is 0. The highest BCUT2D eigenvalue weighted by Gasteiger charge is 2.37. The van der Waals surface area contributed by atoms with Gasteiger partial charge in [0.25, 0.3) is 0 Å². The van der Waals surface area contributed by atoms with Crippen LogP contribution in [0, 0.1) is 0 Å². The fourth-order valence-corrected chi connectivity index (χ4v) is 1.29. The van der Waals surface area contributed by atoms with E-state index in [1.165, 1.54) is 25.3 Å². The van der Waals surface area contributed by atoms with E-state index in [1.807, 2.05) is 0 Å². The van der Waals surface area contributed by atoms with Crippen molar-refractivity contribution in [3.8, 4) is 5.75 Å². The summed E-state index contributed by atoms with van der Waals surface area (Å²) in [5.41, 5.74) is 0.212. The van der Waals surface area contributed by atoms with Crippen molar-refractivity contribution in [2.45, 2.75) is 12.6 Å². The van der Waals surface area contributed by atoms with E-state index < -0.39 is 18.4 Å². The number of hydrogen-bond acceptors (Lipinski definition) is 2. The van der Waals surface area contributed by atoms with Crippen LogP contribution in [0.4, 0.5) is 13.2 Å². The van der Waals surface area contributed by atoms with Crippen LogP contribution in [0.25, 0.3) is 0 Å². The number of halogens is 4. The largest absolute Gasteiger partial charge is 0.495 e. The molecular weight excluding hydrogens is 245 g/mol. The molecule has 0 atom stereocenters. The monoisotopic (exact) mass is 252 g/mol. The number of methoxy groups -OCH3 is 1. The van der Waals surface area contributed by atoms with Crippen molar-refractivity contribution in [3.05, 3.63) is 28.8 Å². The predicted octanol–water partition coefficient (Wildman–Crippen LogP) is 3.02. The Kier molecular flexibility index (Phi) is 3.80. The molecule has 1 rings (SSSR count). The molecular formula is C10H8ClF3O2. The van der Waals surface area contributed by atoms with E-state index in [2.05, 4.69) is 0 Å². The van der Waals surface area contributed by atoms with Gasteiger partial charge in [0.1, 0.15) is 5.75 Å². The molecule has 0 N–H and O–H groups in total. The number of benzene rings is 1. The first kappa shape index (κ1) is 12.8. The quantitative estimate of drug-likeness (QED) is 0.827. The van der Waals surface area contributed by atoms with Crippen molar-refractivity contribution in [2.75, 3.05) is 7.11 Å². The smallest absolute Gasteiger partial charge is 0.450 e. The number of ketones is 1. The third kappa shape index (κ3) is 3.13. The van der Waals surface area contributed by atoms with Gasteiger partial charge in [-0.2, -0.15) is 13.2 Å². The number of ether oxygens (including phenoxy) is 1. The number of Topliss-reactive ketones (excluding diaryl/α,β-unsaturated/α-hetero) is 1. The first-order valence-electron chi connectivity index (χ1n) is 4.27. The molecule has 0 bridgehead atoms. The lowest BCUT2D eigenvalue weighted by atomic mass is 10.1. The van der Waals surface area contributed by atoms with Crippen LogP contribution in [0.2, 0.25) is 5.02 Å². The Morgan fingerprint density at radius 1 is 1.44 bits per heavy atom. The van der Waals surface area contributed by atoms with Crippen molar-refractivity contribution < 1.29 is 22.7 Å². The second-order valence-electron chi connectivity index (χ2n) is 3.07. The van der Waals surface area contributed by atoms with Crippen LogP contribution in [0.1, 0.15) is 5.56 Å². The van der Waals surface area contributed by atoms with Crippen LogP contribution in [-0.4, -0.2) is 19.1 Å². The molecule has 1 aromatic rings. The molecule has 0 aliphatic heterocycles. The zero-order valence-electron chi connectivity index (χ0n) is 8.27. The van der Waals surface area contributed by atoms with Gasteiger partial charge in [-0.25, -0.2) is 0 Å². The van der Waals surface area contributed by atoms with Crippen molar-refractivity contribution >= 4 is 17.4 Å². The summed E-state index contributed by atoms with van der Waals surface area (Å²) >= 11 is 5.69. The van der Waals surface area contributed by atoms with E-state index >= 15 is 0 Å². The average molecular weight is 253 g/mol. The van der Waals surface area contributed by atoms with Crippen molar-refractivity contribution in [2.24, 2.45) is 0 Å². The normalized spacial score (nSPS) is 11.3. The third-order valence-corrected chi connectivity index (χ3v) is 2.21. The Morgan fingerprint density at radius 2 is 2.06 bits per heavy atom. The maximum atomic E-state index is 12.0. The third-order valence-electron chi connectivity index (χ3n) is 1.90. The summed E-state index contributed by atoms with van der Waals surface area (Å²) in [6, 6.07) is 4.06. The van der Waals surface area contributed by atoms with Crippen molar-refractivity contribution in [3.63, 3.8) is 0 Å². The fraction of sp³-hybridized carbons (Fsp3) is 0.300. The second-order valence-corrected chi connectivity index (χ2v) is 3.47. The maximum Gasteiger partial charge on any atom is 0.450 e. The number of carbonyl (C=O) groups excluding carboxylic acids is 1. The van der Waals surface area contributed by atoms with Gasteiger partial charge in [0, 0.05) is 6.42 Å². The van der Waals surface area contributed by atoms with E-state index in [-0.39, 0.29) is 16.3 Å². The minimum absolute atomic E-state index is 0.212. The zero-order chi connectivity index (χ0) is 12.3. The van der Waals surface area contributed by atoms with Crippen LogP contribution in [0.3, 0.4) is 0 Å². The molecule has 0 amide bonds. The lowest BCUT2D eigenvalue weighted by Crippen LogP contribution is -2.24. The second kappa shape index (κ2) is 4.74. The lowest BCUT2D eigenvalue weighted by Gasteiger charge is -2.07. The first-order valence-corrected chi connectivity index (χ1v) is 4.65. The van der Waals surface area contributed by atoms with Gasteiger partial charge in [0.05, 0.1) is 12.1 Å². The van der Waals surface area contributed by atoms with Crippen LogP contribution < -0.4 is 4.74 Å². The first-order chi connectivity index (χ1) is 7.34. The molecule has 0 spiro atoms. The average Bonchev–Trinajstić information content (AvgIpc) is 2.19. The van der Waals surface area contributed by atoms with Gasteiger partial charge in [-0.3, -0.25) is 4.79 Å². The predicted molar refractivity (Wildman–Crippen MR) is 52.8 cm³/mol. The molecule has 2 nitrogen and oxygen atoms in total. The highest BCUT2D eigenvalue weighted by Crippen LogP contribution is 2.26. The van der Waals surface area contributed by atoms with Crippen LogP contribution in [-0.2, 0) is 11.2 Å². The zero-order valence-corrected chi connectivity index (χ0v) is 9.02. The lowest BCUT2D eigenvalue weighted by molar-refractivity contribution is -0.170. The minimum atomic E-state index is -4.81. The molecule has 0 aliphatic rings.